The Labute approximate surface area is 194 Å². The number of aromatic nitrogens is 3. The van der Waals surface area contributed by atoms with Crippen molar-refractivity contribution in [1.82, 2.24) is 14.8 Å². The molecule has 1 aromatic carbocycles. The predicted octanol–water partition coefficient (Wildman–Crippen LogP) is 4.80. The number of aliphatic hydroxyl groups is 2. The van der Waals surface area contributed by atoms with Crippen LogP contribution in [0.3, 0.4) is 0 Å². The van der Waals surface area contributed by atoms with E-state index < -0.39 is 29.0 Å². The number of carbonyl (C=O) groups is 1. The number of hydrogen-bond acceptors (Lipinski definition) is 5. The first-order valence-corrected chi connectivity index (χ1v) is 11.1. The zero-order chi connectivity index (χ0) is 24.9. The summed E-state index contributed by atoms with van der Waals surface area (Å²) >= 11 is 0. The lowest BCUT2D eigenvalue weighted by molar-refractivity contribution is -0.141. The fraction of sp³-hybridized carbons (Fsp3) is 0.458. The zero-order valence-electron chi connectivity index (χ0n) is 19.1. The molecule has 2 aromatic heterocycles. The molecule has 1 saturated carbocycles. The van der Waals surface area contributed by atoms with Crippen LogP contribution in [0.1, 0.15) is 74.2 Å². The van der Waals surface area contributed by atoms with Crippen molar-refractivity contribution in [3.63, 3.8) is 0 Å². The lowest BCUT2D eigenvalue weighted by Crippen LogP contribution is -2.31. The molecule has 0 radical (unpaired) electrons. The van der Waals surface area contributed by atoms with Crippen LogP contribution in [0.5, 0.6) is 0 Å². The lowest BCUT2D eigenvalue weighted by atomic mass is 9.84. The maximum absolute atomic E-state index is 13.0. The fourth-order valence-electron chi connectivity index (χ4n) is 4.28. The maximum atomic E-state index is 13.0. The summed E-state index contributed by atoms with van der Waals surface area (Å²) in [5.41, 5.74) is -2.33. The van der Waals surface area contributed by atoms with Gasteiger partial charge in [0, 0.05) is 22.8 Å². The van der Waals surface area contributed by atoms with E-state index in [0.717, 1.165) is 25.0 Å². The van der Waals surface area contributed by atoms with E-state index in [1.807, 2.05) is 17.8 Å². The second-order valence-corrected chi connectivity index (χ2v) is 9.71. The highest BCUT2D eigenvalue weighted by Gasteiger charge is 2.33. The first kappa shape index (κ1) is 24.2. The largest absolute Gasteiger partial charge is 0.433 e. The Morgan fingerprint density at radius 2 is 1.88 bits per heavy atom. The van der Waals surface area contributed by atoms with Crippen molar-refractivity contribution in [2.75, 3.05) is 5.32 Å². The van der Waals surface area contributed by atoms with E-state index in [1.165, 1.54) is 6.07 Å². The van der Waals surface area contributed by atoms with Crippen LogP contribution in [0.25, 0.3) is 10.9 Å². The summed E-state index contributed by atoms with van der Waals surface area (Å²) in [6.45, 7) is 4.92. The Morgan fingerprint density at radius 3 is 2.50 bits per heavy atom. The monoisotopic (exact) mass is 476 g/mol. The Morgan fingerprint density at radius 1 is 1.21 bits per heavy atom. The van der Waals surface area contributed by atoms with Crippen molar-refractivity contribution in [2.45, 2.75) is 69.9 Å². The van der Waals surface area contributed by atoms with E-state index in [9.17, 15) is 28.2 Å². The molecule has 0 spiro atoms. The van der Waals surface area contributed by atoms with Gasteiger partial charge in [0.2, 0.25) is 0 Å². The van der Waals surface area contributed by atoms with Gasteiger partial charge in [-0.15, -0.1) is 0 Å². The summed E-state index contributed by atoms with van der Waals surface area (Å²) < 4.78 is 40.8. The summed E-state index contributed by atoms with van der Waals surface area (Å²) in [5.74, 6) is -0.821. The van der Waals surface area contributed by atoms with Crippen LogP contribution < -0.4 is 5.32 Å². The zero-order valence-corrected chi connectivity index (χ0v) is 19.1. The third-order valence-corrected chi connectivity index (χ3v) is 6.25. The molecule has 3 N–H and O–H groups in total. The van der Waals surface area contributed by atoms with Crippen molar-refractivity contribution in [2.24, 2.45) is 0 Å². The van der Waals surface area contributed by atoms with Crippen LogP contribution in [0.15, 0.2) is 36.5 Å². The van der Waals surface area contributed by atoms with Gasteiger partial charge in [-0.1, -0.05) is 6.07 Å². The Balaban J connectivity index is 1.67. The van der Waals surface area contributed by atoms with Gasteiger partial charge in [-0.05, 0) is 70.7 Å². The highest BCUT2D eigenvalue weighted by molar-refractivity contribution is 6.04. The second-order valence-electron chi connectivity index (χ2n) is 9.71. The molecule has 0 unspecified atom stereocenters. The van der Waals surface area contributed by atoms with Crippen LogP contribution >= 0.6 is 0 Å². The molecule has 182 valence electrons. The van der Waals surface area contributed by atoms with Crippen LogP contribution in [0.4, 0.5) is 18.9 Å². The van der Waals surface area contributed by atoms with E-state index in [4.69, 9.17) is 0 Å². The van der Waals surface area contributed by atoms with E-state index in [0.29, 0.717) is 29.3 Å². The summed E-state index contributed by atoms with van der Waals surface area (Å²) in [4.78, 5) is 16.2. The molecule has 0 atom stereocenters. The van der Waals surface area contributed by atoms with Crippen LogP contribution in [0.2, 0.25) is 0 Å². The number of nitrogens with zero attached hydrogens (tertiary/aromatic N) is 3. The van der Waals surface area contributed by atoms with Crippen molar-refractivity contribution >= 4 is 22.5 Å². The molecule has 0 bridgehead atoms. The number of halogens is 3. The van der Waals surface area contributed by atoms with Crippen LogP contribution in [0, 0.1) is 0 Å². The van der Waals surface area contributed by atoms with Crippen molar-refractivity contribution in [3.05, 3.63) is 53.5 Å². The number of nitrogens with one attached hydrogen (secondary N) is 1. The number of rotatable bonds is 4. The summed E-state index contributed by atoms with van der Waals surface area (Å²) in [6.07, 6.45) is 0.0253. The maximum Gasteiger partial charge on any atom is 0.433 e. The van der Waals surface area contributed by atoms with Crippen molar-refractivity contribution in [3.8, 4) is 0 Å². The smallest absolute Gasteiger partial charge is 0.390 e. The standard InChI is InChI=1S/C24H27F3N4O3/c1-22(2,33)16-12-18-14(13-31(30-18)15-7-9-23(3,34)10-8-15)11-19(16)29-21(32)17-5-4-6-20(28-17)24(25,26)27/h4-6,11-13,15,33-34H,7-10H2,1-3H3,(H,29,32)/t15-,23+. The average molecular weight is 476 g/mol. The summed E-state index contributed by atoms with van der Waals surface area (Å²) in [7, 11) is 0. The second kappa shape index (κ2) is 8.35. The number of carbonyl (C=O) groups excluding carboxylic acids is 1. The van der Waals surface area contributed by atoms with Crippen LogP contribution in [-0.2, 0) is 11.8 Å². The normalized spacial score (nSPS) is 21.6. The Kier molecular flexibility index (Phi) is 5.93. The van der Waals surface area contributed by atoms with Gasteiger partial charge in [0.15, 0.2) is 0 Å². The number of pyridine rings is 1. The minimum absolute atomic E-state index is 0.116. The number of alkyl halides is 3. The van der Waals surface area contributed by atoms with Crippen molar-refractivity contribution in [1.29, 1.82) is 0 Å². The molecule has 0 saturated heterocycles. The molecule has 2 heterocycles. The predicted molar refractivity (Wildman–Crippen MR) is 120 cm³/mol. The quantitative estimate of drug-likeness (QED) is 0.503. The molecule has 1 amide bonds. The molecular formula is C24H27F3N4O3. The van der Waals surface area contributed by atoms with Gasteiger partial charge >= 0.3 is 6.18 Å². The highest BCUT2D eigenvalue weighted by atomic mass is 19.4. The first-order chi connectivity index (χ1) is 15.7. The minimum atomic E-state index is -4.67. The molecule has 0 aliphatic heterocycles. The van der Waals surface area contributed by atoms with Gasteiger partial charge in [0.25, 0.3) is 5.91 Å². The molecule has 34 heavy (non-hydrogen) atoms. The van der Waals surface area contributed by atoms with Gasteiger partial charge in [-0.2, -0.15) is 18.3 Å². The van der Waals surface area contributed by atoms with E-state index in [1.54, 1.807) is 26.0 Å². The minimum Gasteiger partial charge on any atom is -0.390 e. The van der Waals surface area contributed by atoms with Crippen molar-refractivity contribution < 1.29 is 28.2 Å². The third kappa shape index (κ3) is 5.07. The van der Waals surface area contributed by atoms with Gasteiger partial charge in [0.05, 0.1) is 22.8 Å². The molecule has 7 nitrogen and oxygen atoms in total. The molecule has 10 heteroatoms. The molecule has 1 aliphatic carbocycles. The average Bonchev–Trinajstić information content (AvgIpc) is 3.15. The molecule has 4 rings (SSSR count). The first-order valence-electron chi connectivity index (χ1n) is 11.1. The van der Waals surface area contributed by atoms with Gasteiger partial charge in [-0.3, -0.25) is 9.48 Å². The Bertz CT molecular complexity index is 1220. The van der Waals surface area contributed by atoms with Gasteiger partial charge in [0.1, 0.15) is 11.4 Å². The molecule has 1 fully saturated rings. The van der Waals surface area contributed by atoms with E-state index >= 15 is 0 Å². The number of benzene rings is 1. The number of hydrogen-bond donors (Lipinski definition) is 3. The SMILES string of the molecule is CC(C)(O)c1cc2nn([C@H]3CC[C@@](C)(O)CC3)cc2cc1NC(=O)c1cccc(C(F)(F)F)n1. The highest BCUT2D eigenvalue weighted by Crippen LogP contribution is 2.37. The lowest BCUT2D eigenvalue weighted by Gasteiger charge is -2.33. The molecule has 3 aromatic rings. The fourth-order valence-corrected chi connectivity index (χ4v) is 4.28. The molecular weight excluding hydrogens is 449 g/mol. The molecule has 1 aliphatic rings. The third-order valence-electron chi connectivity index (χ3n) is 6.25. The van der Waals surface area contributed by atoms with E-state index in [-0.39, 0.29) is 17.4 Å². The van der Waals surface area contributed by atoms with Crippen LogP contribution in [-0.4, -0.2) is 36.5 Å². The Hall–Kier alpha value is -2.98. The number of fused-ring (bicyclic) bond motifs is 1. The topological polar surface area (TPSA) is 100 Å². The van der Waals surface area contributed by atoms with Gasteiger partial charge < -0.3 is 15.5 Å². The summed E-state index contributed by atoms with van der Waals surface area (Å²) in [6, 6.07) is 6.55. The van der Waals surface area contributed by atoms with E-state index in [2.05, 4.69) is 15.4 Å². The summed E-state index contributed by atoms with van der Waals surface area (Å²) in [5, 5.41) is 28.9. The van der Waals surface area contributed by atoms with Gasteiger partial charge in [-0.25, -0.2) is 4.98 Å². The number of anilines is 1. The number of amides is 1.